The Bertz CT molecular complexity index is 780. The van der Waals surface area contributed by atoms with Gasteiger partial charge >= 0.3 is 6.18 Å². The van der Waals surface area contributed by atoms with E-state index in [0.29, 0.717) is 16.9 Å². The van der Waals surface area contributed by atoms with Gasteiger partial charge in [-0.3, -0.25) is 4.57 Å². The summed E-state index contributed by atoms with van der Waals surface area (Å²) in [6.07, 6.45) is -4.55. The summed E-state index contributed by atoms with van der Waals surface area (Å²) in [5.74, 6) is -0.954. The molecule has 0 atom stereocenters. The van der Waals surface area contributed by atoms with Crippen LogP contribution in [0.3, 0.4) is 0 Å². The molecular weight excluding hydrogens is 357 g/mol. The number of rotatable bonds is 2. The van der Waals surface area contributed by atoms with Crippen LogP contribution >= 0.6 is 15.9 Å². The first-order valence-corrected chi connectivity index (χ1v) is 7.24. The lowest BCUT2D eigenvalue weighted by Gasteiger charge is -2.14. The van der Waals surface area contributed by atoms with Crippen molar-refractivity contribution < 1.29 is 13.2 Å². The third kappa shape index (κ3) is 2.66. The highest BCUT2D eigenvalue weighted by molar-refractivity contribution is 9.10. The highest BCUT2D eigenvalue weighted by Gasteiger charge is 2.39. The Balaban J connectivity index is 2.33. The van der Waals surface area contributed by atoms with Crippen LogP contribution < -0.4 is 0 Å². The minimum Gasteiger partial charge on any atom is -0.288 e. The van der Waals surface area contributed by atoms with E-state index in [1.807, 2.05) is 6.07 Å². The zero-order chi connectivity index (χ0) is 15.7. The van der Waals surface area contributed by atoms with Crippen LogP contribution in [0.2, 0.25) is 0 Å². The molecular formula is C16H10BrF3N2. The van der Waals surface area contributed by atoms with Crippen LogP contribution in [0.5, 0.6) is 0 Å². The van der Waals surface area contributed by atoms with Gasteiger partial charge in [-0.1, -0.05) is 48.5 Å². The Kier molecular flexibility index (Phi) is 3.78. The third-order valence-electron chi connectivity index (χ3n) is 3.15. The van der Waals surface area contributed by atoms with Crippen LogP contribution in [0.4, 0.5) is 13.2 Å². The Morgan fingerprint density at radius 1 is 0.864 bits per heavy atom. The minimum atomic E-state index is -4.55. The van der Waals surface area contributed by atoms with Gasteiger partial charge in [0.05, 0.1) is 5.69 Å². The van der Waals surface area contributed by atoms with E-state index in [2.05, 4.69) is 20.9 Å². The fourth-order valence-corrected chi connectivity index (χ4v) is 2.83. The van der Waals surface area contributed by atoms with Crippen molar-refractivity contribution in [3.63, 3.8) is 0 Å². The molecule has 0 spiro atoms. The molecule has 1 heterocycles. The molecule has 0 amide bonds. The molecule has 0 unspecified atom stereocenters. The summed E-state index contributed by atoms with van der Waals surface area (Å²) >= 11 is 3.16. The predicted octanol–water partition coefficient (Wildman–Crippen LogP) is 5.32. The minimum absolute atomic E-state index is 0.162. The number of para-hydroxylation sites is 1. The van der Waals surface area contributed by atoms with Gasteiger partial charge in [-0.2, -0.15) is 13.2 Å². The summed E-state index contributed by atoms with van der Waals surface area (Å²) in [5, 5.41) is 0. The molecule has 2 nitrogen and oxygen atoms in total. The average molecular weight is 367 g/mol. The van der Waals surface area contributed by atoms with Crippen LogP contribution in [-0.2, 0) is 6.18 Å². The summed E-state index contributed by atoms with van der Waals surface area (Å²) in [4.78, 5) is 3.69. The molecule has 3 rings (SSSR count). The summed E-state index contributed by atoms with van der Waals surface area (Å²) in [7, 11) is 0. The number of halogens is 4. The van der Waals surface area contributed by atoms with E-state index in [4.69, 9.17) is 0 Å². The molecule has 0 aliphatic rings. The summed E-state index contributed by atoms with van der Waals surface area (Å²) < 4.78 is 41.3. The van der Waals surface area contributed by atoms with Crippen LogP contribution in [0.1, 0.15) is 5.82 Å². The highest BCUT2D eigenvalue weighted by atomic mass is 79.9. The highest BCUT2D eigenvalue weighted by Crippen LogP contribution is 2.38. The number of aromatic nitrogens is 2. The second-order valence-electron chi connectivity index (χ2n) is 4.61. The molecule has 2 aromatic carbocycles. The molecule has 0 saturated carbocycles. The Morgan fingerprint density at radius 2 is 1.41 bits per heavy atom. The van der Waals surface area contributed by atoms with Crippen molar-refractivity contribution in [2.24, 2.45) is 0 Å². The SMILES string of the molecule is FC(F)(F)c1nc(Br)c(-c2ccccc2)n1-c1ccccc1. The quantitative estimate of drug-likeness (QED) is 0.600. The molecule has 0 radical (unpaired) electrons. The zero-order valence-corrected chi connectivity index (χ0v) is 12.8. The zero-order valence-electron chi connectivity index (χ0n) is 11.2. The fraction of sp³-hybridized carbons (Fsp3) is 0.0625. The Labute approximate surface area is 133 Å². The van der Waals surface area contributed by atoms with Crippen molar-refractivity contribution in [3.8, 4) is 16.9 Å². The number of imidazole rings is 1. The van der Waals surface area contributed by atoms with Crippen molar-refractivity contribution in [1.29, 1.82) is 0 Å². The van der Waals surface area contributed by atoms with E-state index in [1.165, 1.54) is 0 Å². The smallest absolute Gasteiger partial charge is 0.288 e. The fourth-order valence-electron chi connectivity index (χ4n) is 2.26. The number of alkyl halides is 3. The number of benzene rings is 2. The normalized spacial score (nSPS) is 11.6. The topological polar surface area (TPSA) is 17.8 Å². The standard InChI is InChI=1S/C16H10BrF3N2/c17-14-13(11-7-3-1-4-8-11)22(12-9-5-2-6-10-12)15(21-14)16(18,19)20/h1-10H. The number of hydrogen-bond acceptors (Lipinski definition) is 1. The molecule has 0 aliphatic carbocycles. The second kappa shape index (κ2) is 5.61. The first-order valence-electron chi connectivity index (χ1n) is 6.45. The summed E-state index contributed by atoms with van der Waals surface area (Å²) in [6.45, 7) is 0. The van der Waals surface area contributed by atoms with Gasteiger partial charge in [0.15, 0.2) is 0 Å². The maximum atomic E-state index is 13.3. The van der Waals surface area contributed by atoms with E-state index < -0.39 is 12.0 Å². The van der Waals surface area contributed by atoms with E-state index >= 15 is 0 Å². The largest absolute Gasteiger partial charge is 0.450 e. The van der Waals surface area contributed by atoms with Crippen molar-refractivity contribution in [2.75, 3.05) is 0 Å². The molecule has 0 N–H and O–H groups in total. The van der Waals surface area contributed by atoms with Crippen LogP contribution in [0, 0.1) is 0 Å². The van der Waals surface area contributed by atoms with Gasteiger partial charge in [0.1, 0.15) is 4.60 Å². The van der Waals surface area contributed by atoms with Gasteiger partial charge in [-0.05, 0) is 28.1 Å². The molecule has 6 heteroatoms. The van der Waals surface area contributed by atoms with Crippen LogP contribution in [0.15, 0.2) is 65.3 Å². The maximum Gasteiger partial charge on any atom is 0.450 e. The number of nitrogens with zero attached hydrogens (tertiary/aromatic N) is 2. The van der Waals surface area contributed by atoms with Gasteiger partial charge in [-0.15, -0.1) is 0 Å². The molecule has 112 valence electrons. The van der Waals surface area contributed by atoms with Gasteiger partial charge in [0.2, 0.25) is 5.82 Å². The van der Waals surface area contributed by atoms with Crippen molar-refractivity contribution in [2.45, 2.75) is 6.18 Å². The van der Waals surface area contributed by atoms with Gasteiger partial charge < -0.3 is 0 Å². The monoisotopic (exact) mass is 366 g/mol. The van der Waals surface area contributed by atoms with Gasteiger partial charge in [0.25, 0.3) is 0 Å². The van der Waals surface area contributed by atoms with Gasteiger partial charge in [0, 0.05) is 11.3 Å². The van der Waals surface area contributed by atoms with E-state index in [0.717, 1.165) is 4.57 Å². The van der Waals surface area contributed by atoms with E-state index in [-0.39, 0.29) is 4.60 Å². The van der Waals surface area contributed by atoms with Crippen molar-refractivity contribution in [3.05, 3.63) is 71.1 Å². The molecule has 0 fully saturated rings. The number of hydrogen-bond donors (Lipinski definition) is 0. The average Bonchev–Trinajstić information content (AvgIpc) is 2.87. The Hall–Kier alpha value is -2.08. The lowest BCUT2D eigenvalue weighted by Crippen LogP contribution is -2.14. The lowest BCUT2D eigenvalue weighted by molar-refractivity contribution is -0.145. The van der Waals surface area contributed by atoms with Crippen LogP contribution in [0.25, 0.3) is 16.9 Å². The van der Waals surface area contributed by atoms with Gasteiger partial charge in [-0.25, -0.2) is 4.98 Å². The molecule has 0 aliphatic heterocycles. The first kappa shape index (κ1) is 14.8. The summed E-state index contributed by atoms with van der Waals surface area (Å²) in [5.41, 5.74) is 1.44. The maximum absolute atomic E-state index is 13.3. The van der Waals surface area contributed by atoms with Crippen LogP contribution in [-0.4, -0.2) is 9.55 Å². The van der Waals surface area contributed by atoms with Crippen molar-refractivity contribution >= 4 is 15.9 Å². The van der Waals surface area contributed by atoms with E-state index in [1.54, 1.807) is 54.6 Å². The van der Waals surface area contributed by atoms with Crippen molar-refractivity contribution in [1.82, 2.24) is 9.55 Å². The summed E-state index contributed by atoms with van der Waals surface area (Å²) in [6, 6.07) is 17.2. The second-order valence-corrected chi connectivity index (χ2v) is 5.36. The molecule has 22 heavy (non-hydrogen) atoms. The molecule has 0 bridgehead atoms. The Morgan fingerprint density at radius 3 is 1.95 bits per heavy atom. The lowest BCUT2D eigenvalue weighted by atomic mass is 10.1. The molecule has 1 aromatic heterocycles. The molecule has 3 aromatic rings. The molecule has 0 saturated heterocycles. The first-order chi connectivity index (χ1) is 10.5. The third-order valence-corrected chi connectivity index (χ3v) is 3.70. The predicted molar refractivity (Wildman–Crippen MR) is 81.7 cm³/mol. The van der Waals surface area contributed by atoms with E-state index in [9.17, 15) is 13.2 Å².